The van der Waals surface area contributed by atoms with Crippen molar-refractivity contribution in [1.82, 2.24) is 0 Å². The Morgan fingerprint density at radius 2 is 2.00 bits per heavy atom. The van der Waals surface area contributed by atoms with Crippen LogP contribution in [0.1, 0.15) is 31.9 Å². The van der Waals surface area contributed by atoms with Crippen molar-refractivity contribution in [2.24, 2.45) is 5.41 Å². The molecule has 4 nitrogen and oxygen atoms in total. The molecule has 130 valence electrons. The minimum atomic E-state index is -0.968. The lowest BCUT2D eigenvalue weighted by Crippen LogP contribution is -2.26. The molecule has 0 unspecified atom stereocenters. The van der Waals surface area contributed by atoms with Gasteiger partial charge in [0.25, 0.3) is 0 Å². The Balaban J connectivity index is 2.66. The number of ether oxygens (including phenoxy) is 2. The van der Waals surface area contributed by atoms with Crippen LogP contribution in [0, 0.1) is 11.2 Å². The molecular formula is C19H23FO4. The summed E-state index contributed by atoms with van der Waals surface area (Å²) in [7, 11) is 1.53. The Hall–Kier alpha value is -2.14. The van der Waals surface area contributed by atoms with E-state index in [4.69, 9.17) is 9.47 Å². The molecule has 2 rings (SSSR count). The molecule has 0 aromatic heterocycles. The summed E-state index contributed by atoms with van der Waals surface area (Å²) in [5.41, 5.74) is 0.397. The quantitative estimate of drug-likeness (QED) is 0.772. The summed E-state index contributed by atoms with van der Waals surface area (Å²) in [5, 5.41) is 11.0. The molecule has 5 heteroatoms. The lowest BCUT2D eigenvalue weighted by Gasteiger charge is -2.22. The largest absolute Gasteiger partial charge is 0.481 e. The normalized spacial score (nSPS) is 11.7. The van der Waals surface area contributed by atoms with Crippen molar-refractivity contribution in [2.75, 3.05) is 13.9 Å². The van der Waals surface area contributed by atoms with Crippen molar-refractivity contribution in [3.8, 4) is 5.75 Å². The molecule has 0 saturated carbocycles. The highest BCUT2D eigenvalue weighted by Gasteiger charge is 2.29. The molecule has 1 N–H and O–H groups in total. The van der Waals surface area contributed by atoms with Crippen molar-refractivity contribution in [3.63, 3.8) is 0 Å². The third-order valence-corrected chi connectivity index (χ3v) is 4.13. The molecule has 0 amide bonds. The average Bonchev–Trinajstić information content (AvgIpc) is 2.52. The van der Waals surface area contributed by atoms with E-state index in [1.165, 1.54) is 13.2 Å². The lowest BCUT2D eigenvalue weighted by atomic mass is 9.83. The summed E-state index contributed by atoms with van der Waals surface area (Å²) in [4.78, 5) is 11.5. The summed E-state index contributed by atoms with van der Waals surface area (Å²) in [6, 6.07) is 6.74. The number of halogens is 1. The summed E-state index contributed by atoms with van der Waals surface area (Å²) in [5.74, 6) is -0.590. The third kappa shape index (κ3) is 3.67. The molecule has 2 aromatic carbocycles. The van der Waals surface area contributed by atoms with E-state index in [1.807, 2.05) is 13.0 Å². The minimum Gasteiger partial charge on any atom is -0.481 e. The van der Waals surface area contributed by atoms with Crippen molar-refractivity contribution in [1.29, 1.82) is 0 Å². The van der Waals surface area contributed by atoms with E-state index in [-0.39, 0.29) is 19.0 Å². The second kappa shape index (κ2) is 7.18. The van der Waals surface area contributed by atoms with E-state index in [0.29, 0.717) is 17.7 Å². The van der Waals surface area contributed by atoms with Crippen molar-refractivity contribution >= 4 is 16.7 Å². The fourth-order valence-electron chi connectivity index (χ4n) is 2.83. The first kappa shape index (κ1) is 18.2. The third-order valence-electron chi connectivity index (χ3n) is 4.13. The number of hydrogen-bond acceptors (Lipinski definition) is 3. The van der Waals surface area contributed by atoms with E-state index in [0.717, 1.165) is 16.3 Å². The van der Waals surface area contributed by atoms with Crippen LogP contribution in [0.2, 0.25) is 0 Å². The van der Waals surface area contributed by atoms with Gasteiger partial charge in [-0.15, -0.1) is 0 Å². The maximum absolute atomic E-state index is 14.2. The number of carboxylic acid groups (broad SMARTS) is 1. The zero-order chi connectivity index (χ0) is 17.9. The first-order chi connectivity index (χ1) is 11.3. The maximum atomic E-state index is 14.2. The van der Waals surface area contributed by atoms with Gasteiger partial charge in [0.1, 0.15) is 11.6 Å². The van der Waals surface area contributed by atoms with E-state index < -0.39 is 11.4 Å². The number of aryl methyl sites for hydroxylation is 1. The number of hydrogen-bond donors (Lipinski definition) is 1. The Morgan fingerprint density at radius 1 is 1.29 bits per heavy atom. The second-order valence-electron chi connectivity index (χ2n) is 6.48. The number of benzene rings is 2. The van der Waals surface area contributed by atoms with Gasteiger partial charge < -0.3 is 14.6 Å². The van der Waals surface area contributed by atoms with Crippen LogP contribution in [0.25, 0.3) is 10.8 Å². The van der Waals surface area contributed by atoms with Crippen LogP contribution in [0.3, 0.4) is 0 Å². The zero-order valence-corrected chi connectivity index (χ0v) is 14.5. The van der Waals surface area contributed by atoms with Gasteiger partial charge in [-0.2, -0.15) is 0 Å². The Bertz CT molecular complexity index is 753. The van der Waals surface area contributed by atoms with Crippen LogP contribution >= 0.6 is 0 Å². The molecule has 0 aliphatic heterocycles. The number of carboxylic acids is 1. The van der Waals surface area contributed by atoms with Crippen molar-refractivity contribution in [3.05, 3.63) is 41.2 Å². The predicted molar refractivity (Wildman–Crippen MR) is 90.9 cm³/mol. The Labute approximate surface area is 141 Å². The molecule has 0 heterocycles. The molecule has 0 atom stereocenters. The predicted octanol–water partition coefficient (Wildman–Crippen LogP) is 4.18. The SMILES string of the molecule is CCc1c(F)ccc2cc(OCOC)cc(CC(C)(C)C(=O)O)c12. The van der Waals surface area contributed by atoms with E-state index in [1.54, 1.807) is 26.0 Å². The molecule has 0 fully saturated rings. The minimum absolute atomic E-state index is 0.0924. The lowest BCUT2D eigenvalue weighted by molar-refractivity contribution is -0.146. The first-order valence-electron chi connectivity index (χ1n) is 7.89. The van der Waals surface area contributed by atoms with E-state index in [9.17, 15) is 14.3 Å². The van der Waals surface area contributed by atoms with Crippen molar-refractivity contribution < 1.29 is 23.8 Å². The van der Waals surface area contributed by atoms with Gasteiger partial charge >= 0.3 is 5.97 Å². The van der Waals surface area contributed by atoms with Gasteiger partial charge in [-0.25, -0.2) is 4.39 Å². The number of fused-ring (bicyclic) bond motifs is 1. The molecule has 0 bridgehead atoms. The number of aliphatic carboxylic acids is 1. The molecule has 0 spiro atoms. The van der Waals surface area contributed by atoms with Gasteiger partial charge in [-0.3, -0.25) is 4.79 Å². The van der Waals surface area contributed by atoms with Crippen LogP contribution in [-0.4, -0.2) is 25.0 Å². The highest BCUT2D eigenvalue weighted by atomic mass is 19.1. The first-order valence-corrected chi connectivity index (χ1v) is 7.89. The van der Waals surface area contributed by atoms with Gasteiger partial charge in [-0.05, 0) is 66.8 Å². The molecule has 24 heavy (non-hydrogen) atoms. The zero-order valence-electron chi connectivity index (χ0n) is 14.5. The summed E-state index contributed by atoms with van der Waals surface area (Å²) in [6.07, 6.45) is 0.807. The Morgan fingerprint density at radius 3 is 2.58 bits per heavy atom. The maximum Gasteiger partial charge on any atom is 0.309 e. The topological polar surface area (TPSA) is 55.8 Å². The summed E-state index contributed by atoms with van der Waals surface area (Å²) < 4.78 is 24.7. The number of methoxy groups -OCH3 is 1. The molecular weight excluding hydrogens is 311 g/mol. The Kier molecular flexibility index (Phi) is 5.44. The summed E-state index contributed by atoms with van der Waals surface area (Å²) >= 11 is 0. The number of carbonyl (C=O) groups is 1. The highest BCUT2D eigenvalue weighted by molar-refractivity contribution is 5.91. The fraction of sp³-hybridized carbons (Fsp3) is 0.421. The van der Waals surface area contributed by atoms with Crippen LogP contribution in [-0.2, 0) is 22.4 Å². The van der Waals surface area contributed by atoms with Crippen LogP contribution in [0.4, 0.5) is 4.39 Å². The number of rotatable bonds is 7. The van der Waals surface area contributed by atoms with Crippen molar-refractivity contribution in [2.45, 2.75) is 33.6 Å². The molecule has 0 saturated heterocycles. The van der Waals surface area contributed by atoms with Crippen LogP contribution in [0.15, 0.2) is 24.3 Å². The summed E-state index contributed by atoms with van der Waals surface area (Å²) in [6.45, 7) is 5.30. The van der Waals surface area contributed by atoms with Gasteiger partial charge in [0.05, 0.1) is 5.41 Å². The van der Waals surface area contributed by atoms with Crippen LogP contribution < -0.4 is 4.74 Å². The molecule has 2 aromatic rings. The molecule has 0 aliphatic rings. The van der Waals surface area contributed by atoms with Crippen LogP contribution in [0.5, 0.6) is 5.75 Å². The fourth-order valence-corrected chi connectivity index (χ4v) is 2.83. The van der Waals surface area contributed by atoms with E-state index >= 15 is 0 Å². The smallest absolute Gasteiger partial charge is 0.309 e. The van der Waals surface area contributed by atoms with E-state index in [2.05, 4.69) is 0 Å². The second-order valence-corrected chi connectivity index (χ2v) is 6.48. The van der Waals surface area contributed by atoms with Gasteiger partial charge in [-0.1, -0.05) is 13.0 Å². The molecule has 0 radical (unpaired) electrons. The molecule has 0 aliphatic carbocycles. The van der Waals surface area contributed by atoms with Gasteiger partial charge in [0.2, 0.25) is 0 Å². The standard InChI is InChI=1S/C19H23FO4/c1-5-15-16(20)7-6-12-8-14(24-11-23-4)9-13(17(12)15)10-19(2,3)18(21)22/h6-9H,5,10-11H2,1-4H3,(H,21,22). The van der Waals surface area contributed by atoms with Gasteiger partial charge in [0, 0.05) is 7.11 Å². The highest BCUT2D eigenvalue weighted by Crippen LogP contribution is 2.34. The average molecular weight is 334 g/mol. The monoisotopic (exact) mass is 334 g/mol. The van der Waals surface area contributed by atoms with Gasteiger partial charge in [0.15, 0.2) is 6.79 Å².